The Morgan fingerprint density at radius 2 is 2.12 bits per heavy atom. The number of anilines is 1. The Hall–Kier alpha value is -2.48. The number of carbonyl (C=O) groups is 1. The Bertz CT molecular complexity index is 854. The lowest BCUT2D eigenvalue weighted by atomic mass is 10.1. The lowest BCUT2D eigenvalue weighted by molar-refractivity contribution is 0.0708. The van der Waals surface area contributed by atoms with Gasteiger partial charge in [0.1, 0.15) is 5.82 Å². The van der Waals surface area contributed by atoms with Crippen LogP contribution in [-0.2, 0) is 16.4 Å². The molecule has 3 rings (SSSR count). The monoisotopic (exact) mass is 374 g/mol. The van der Waals surface area contributed by atoms with Gasteiger partial charge in [0.25, 0.3) is 5.91 Å². The summed E-state index contributed by atoms with van der Waals surface area (Å²) in [6.45, 7) is 2.87. The molecular weight excluding hydrogens is 352 g/mol. The molecular formula is C18H22N4O3S. The number of sulfone groups is 1. The highest BCUT2D eigenvalue weighted by atomic mass is 32.2. The first kappa shape index (κ1) is 18.3. The van der Waals surface area contributed by atoms with Gasteiger partial charge < -0.3 is 10.2 Å². The third-order valence-corrected chi connectivity index (χ3v) is 6.19. The average molecular weight is 374 g/mol. The van der Waals surface area contributed by atoms with Crippen LogP contribution in [0, 0.1) is 0 Å². The van der Waals surface area contributed by atoms with E-state index in [0.29, 0.717) is 30.9 Å². The second kappa shape index (κ2) is 7.82. The molecule has 0 saturated carbocycles. The fraction of sp³-hybridized carbons (Fsp3) is 0.389. The SMILES string of the molecule is CCN(C(=O)c1ccc(NCc2ccccn2)nc1)C1CCS(=O)(=O)C1. The van der Waals surface area contributed by atoms with E-state index in [4.69, 9.17) is 0 Å². The molecule has 1 N–H and O–H groups in total. The van der Waals surface area contributed by atoms with Crippen molar-refractivity contribution in [3.63, 3.8) is 0 Å². The van der Waals surface area contributed by atoms with E-state index in [9.17, 15) is 13.2 Å². The van der Waals surface area contributed by atoms with E-state index in [-0.39, 0.29) is 23.5 Å². The van der Waals surface area contributed by atoms with Gasteiger partial charge in [0, 0.05) is 25.0 Å². The summed E-state index contributed by atoms with van der Waals surface area (Å²) in [6.07, 6.45) is 3.75. The number of amides is 1. The Morgan fingerprint density at radius 3 is 2.69 bits per heavy atom. The van der Waals surface area contributed by atoms with Crippen molar-refractivity contribution in [2.45, 2.75) is 25.9 Å². The molecule has 26 heavy (non-hydrogen) atoms. The van der Waals surface area contributed by atoms with Crippen LogP contribution in [0.1, 0.15) is 29.4 Å². The van der Waals surface area contributed by atoms with Crippen molar-refractivity contribution in [1.29, 1.82) is 0 Å². The van der Waals surface area contributed by atoms with Crippen molar-refractivity contribution in [2.75, 3.05) is 23.4 Å². The second-order valence-corrected chi connectivity index (χ2v) is 8.48. The summed E-state index contributed by atoms with van der Waals surface area (Å²) in [7, 11) is -3.03. The van der Waals surface area contributed by atoms with Crippen molar-refractivity contribution in [3.05, 3.63) is 54.0 Å². The standard InChI is InChI=1S/C18H22N4O3S/c1-2-22(16-8-10-26(24,25)13-16)18(23)14-6-7-17(20-11-14)21-12-15-5-3-4-9-19-15/h3-7,9,11,16H,2,8,10,12-13H2,1H3,(H,20,21). The predicted octanol–water partition coefficient (Wildman–Crippen LogP) is 1.74. The van der Waals surface area contributed by atoms with Crippen LogP contribution in [0.2, 0.25) is 0 Å². The first-order valence-electron chi connectivity index (χ1n) is 8.60. The fourth-order valence-corrected chi connectivity index (χ4v) is 4.79. The fourth-order valence-electron chi connectivity index (χ4n) is 3.06. The first-order chi connectivity index (χ1) is 12.5. The van der Waals surface area contributed by atoms with E-state index in [1.807, 2.05) is 25.1 Å². The molecule has 1 unspecified atom stereocenters. The normalized spacial score (nSPS) is 18.4. The van der Waals surface area contributed by atoms with Gasteiger partial charge in [-0.1, -0.05) is 6.07 Å². The summed E-state index contributed by atoms with van der Waals surface area (Å²) in [5, 5.41) is 3.16. The smallest absolute Gasteiger partial charge is 0.255 e. The molecule has 0 aromatic carbocycles. The number of rotatable bonds is 6. The summed E-state index contributed by atoms with van der Waals surface area (Å²) in [6, 6.07) is 8.90. The molecule has 138 valence electrons. The van der Waals surface area contributed by atoms with Crippen molar-refractivity contribution in [3.8, 4) is 0 Å². The summed E-state index contributed by atoms with van der Waals surface area (Å²) < 4.78 is 23.4. The molecule has 0 aliphatic carbocycles. The molecule has 1 aliphatic heterocycles. The maximum Gasteiger partial charge on any atom is 0.255 e. The topological polar surface area (TPSA) is 92.3 Å². The predicted molar refractivity (Wildman–Crippen MR) is 99.6 cm³/mol. The van der Waals surface area contributed by atoms with E-state index in [1.165, 1.54) is 6.20 Å². The van der Waals surface area contributed by atoms with Gasteiger partial charge in [-0.05, 0) is 37.6 Å². The molecule has 1 aliphatic rings. The highest BCUT2D eigenvalue weighted by molar-refractivity contribution is 7.91. The van der Waals surface area contributed by atoms with E-state index < -0.39 is 9.84 Å². The lowest BCUT2D eigenvalue weighted by Crippen LogP contribution is -2.41. The summed E-state index contributed by atoms with van der Waals surface area (Å²) in [5.41, 5.74) is 1.36. The zero-order valence-electron chi connectivity index (χ0n) is 14.6. The van der Waals surface area contributed by atoms with Crippen LogP contribution in [0.15, 0.2) is 42.7 Å². The zero-order chi connectivity index (χ0) is 18.6. The Morgan fingerprint density at radius 1 is 1.27 bits per heavy atom. The molecule has 8 heteroatoms. The van der Waals surface area contributed by atoms with Crippen LogP contribution in [0.5, 0.6) is 0 Å². The van der Waals surface area contributed by atoms with E-state index in [2.05, 4.69) is 15.3 Å². The molecule has 7 nitrogen and oxygen atoms in total. The molecule has 1 fully saturated rings. The van der Waals surface area contributed by atoms with Crippen LogP contribution >= 0.6 is 0 Å². The molecule has 2 aromatic rings. The van der Waals surface area contributed by atoms with Crippen molar-refractivity contribution in [2.24, 2.45) is 0 Å². The van der Waals surface area contributed by atoms with Crippen LogP contribution in [0.4, 0.5) is 5.82 Å². The third kappa shape index (κ3) is 4.37. The molecule has 0 bridgehead atoms. The average Bonchev–Trinajstić information content (AvgIpc) is 3.01. The maximum atomic E-state index is 12.7. The largest absolute Gasteiger partial charge is 0.364 e. The van der Waals surface area contributed by atoms with Gasteiger partial charge in [-0.25, -0.2) is 13.4 Å². The Kier molecular flexibility index (Phi) is 5.51. The summed E-state index contributed by atoms with van der Waals surface area (Å²) >= 11 is 0. The van der Waals surface area contributed by atoms with Crippen LogP contribution in [0.3, 0.4) is 0 Å². The molecule has 1 atom stereocenters. The van der Waals surface area contributed by atoms with Gasteiger partial charge in [0.05, 0.1) is 29.3 Å². The van der Waals surface area contributed by atoms with Gasteiger partial charge in [-0.3, -0.25) is 9.78 Å². The van der Waals surface area contributed by atoms with Gasteiger partial charge in [0.2, 0.25) is 0 Å². The van der Waals surface area contributed by atoms with Crippen molar-refractivity contribution in [1.82, 2.24) is 14.9 Å². The van der Waals surface area contributed by atoms with Crippen LogP contribution in [-0.4, -0.2) is 53.3 Å². The minimum atomic E-state index is -3.03. The van der Waals surface area contributed by atoms with Gasteiger partial charge in [0.15, 0.2) is 9.84 Å². The van der Waals surface area contributed by atoms with Gasteiger partial charge in [-0.15, -0.1) is 0 Å². The number of carbonyl (C=O) groups excluding carboxylic acids is 1. The highest BCUT2D eigenvalue weighted by Crippen LogP contribution is 2.20. The Balaban J connectivity index is 1.64. The molecule has 0 spiro atoms. The minimum Gasteiger partial charge on any atom is -0.364 e. The van der Waals surface area contributed by atoms with Gasteiger partial charge >= 0.3 is 0 Å². The van der Waals surface area contributed by atoms with Gasteiger partial charge in [-0.2, -0.15) is 0 Å². The molecule has 1 amide bonds. The number of nitrogens with one attached hydrogen (secondary N) is 1. The lowest BCUT2D eigenvalue weighted by Gasteiger charge is -2.26. The second-order valence-electron chi connectivity index (χ2n) is 6.25. The van der Waals surface area contributed by atoms with E-state index in [1.54, 1.807) is 23.2 Å². The van der Waals surface area contributed by atoms with Crippen molar-refractivity contribution < 1.29 is 13.2 Å². The molecule has 3 heterocycles. The number of pyridine rings is 2. The highest BCUT2D eigenvalue weighted by Gasteiger charge is 2.34. The quantitative estimate of drug-likeness (QED) is 0.828. The number of aromatic nitrogens is 2. The van der Waals surface area contributed by atoms with E-state index in [0.717, 1.165) is 5.69 Å². The third-order valence-electron chi connectivity index (χ3n) is 4.44. The molecule has 0 radical (unpaired) electrons. The maximum absolute atomic E-state index is 12.7. The number of hydrogen-bond donors (Lipinski definition) is 1. The van der Waals surface area contributed by atoms with E-state index >= 15 is 0 Å². The molecule has 1 saturated heterocycles. The summed E-state index contributed by atoms with van der Waals surface area (Å²) in [4.78, 5) is 22.9. The first-order valence-corrected chi connectivity index (χ1v) is 10.4. The summed E-state index contributed by atoms with van der Waals surface area (Å²) in [5.74, 6) is 0.664. The Labute approximate surface area is 153 Å². The minimum absolute atomic E-state index is 0.0454. The van der Waals surface area contributed by atoms with Crippen molar-refractivity contribution >= 4 is 21.6 Å². The zero-order valence-corrected chi connectivity index (χ0v) is 15.4. The molecule has 2 aromatic heterocycles. The number of nitrogens with zero attached hydrogens (tertiary/aromatic N) is 3. The number of hydrogen-bond acceptors (Lipinski definition) is 6. The van der Waals surface area contributed by atoms with Crippen LogP contribution in [0.25, 0.3) is 0 Å². The van der Waals surface area contributed by atoms with Crippen LogP contribution < -0.4 is 5.32 Å².